The minimum Gasteiger partial charge on any atom is -0.381 e. The fraction of sp³-hybridized carbons (Fsp3) is 0.611. The van der Waals surface area contributed by atoms with E-state index in [1.807, 2.05) is 4.90 Å². The van der Waals surface area contributed by atoms with E-state index in [0.717, 1.165) is 19.4 Å². The van der Waals surface area contributed by atoms with E-state index >= 15 is 0 Å². The number of amides is 1. The first-order valence-electron chi connectivity index (χ1n) is 8.81. The zero-order valence-electron chi connectivity index (χ0n) is 14.3. The van der Waals surface area contributed by atoms with Gasteiger partial charge in [-0.15, -0.1) is 0 Å². The molecule has 3 N–H and O–H groups in total. The van der Waals surface area contributed by atoms with Crippen LogP contribution in [0.2, 0.25) is 0 Å². The van der Waals surface area contributed by atoms with Gasteiger partial charge in [0.15, 0.2) is 0 Å². The van der Waals surface area contributed by atoms with Crippen molar-refractivity contribution in [3.05, 3.63) is 35.4 Å². The van der Waals surface area contributed by atoms with Crippen LogP contribution in [0, 0.1) is 11.6 Å². The smallest absolute Gasteiger partial charge is 0.240 e. The highest BCUT2D eigenvalue weighted by atomic mass is 19.1. The molecule has 7 heteroatoms. The maximum atomic E-state index is 13.8. The van der Waals surface area contributed by atoms with Crippen LogP contribution in [0.4, 0.5) is 8.78 Å². The van der Waals surface area contributed by atoms with Gasteiger partial charge in [0.25, 0.3) is 0 Å². The molecular formula is C18H25F2N3O2. The molecule has 0 bridgehead atoms. The van der Waals surface area contributed by atoms with E-state index in [2.05, 4.69) is 5.32 Å². The zero-order valence-corrected chi connectivity index (χ0v) is 14.3. The van der Waals surface area contributed by atoms with Gasteiger partial charge in [-0.3, -0.25) is 9.69 Å². The Hall–Kier alpha value is -1.57. The van der Waals surface area contributed by atoms with Crippen LogP contribution in [0.1, 0.15) is 31.2 Å². The Morgan fingerprint density at radius 3 is 2.68 bits per heavy atom. The number of ether oxygens (including phenoxy) is 1. The second-order valence-electron chi connectivity index (χ2n) is 7.02. The first-order valence-corrected chi connectivity index (χ1v) is 8.81. The molecule has 0 saturated carbocycles. The Morgan fingerprint density at radius 1 is 1.32 bits per heavy atom. The van der Waals surface area contributed by atoms with E-state index in [9.17, 15) is 13.6 Å². The molecule has 1 unspecified atom stereocenters. The average molecular weight is 353 g/mol. The molecule has 0 aliphatic carbocycles. The van der Waals surface area contributed by atoms with Crippen LogP contribution in [0.5, 0.6) is 0 Å². The summed E-state index contributed by atoms with van der Waals surface area (Å²) in [6.07, 6.45) is 2.72. The minimum absolute atomic E-state index is 0.0562. The predicted molar refractivity (Wildman–Crippen MR) is 89.8 cm³/mol. The molecule has 3 rings (SSSR count). The number of halogens is 2. The highest BCUT2D eigenvalue weighted by Crippen LogP contribution is 2.21. The first-order chi connectivity index (χ1) is 12.0. The Bertz CT molecular complexity index is 600. The lowest BCUT2D eigenvalue weighted by molar-refractivity contribution is -0.130. The number of nitrogens with two attached hydrogens (primary N) is 1. The van der Waals surface area contributed by atoms with Crippen LogP contribution in [0.3, 0.4) is 0 Å². The molecule has 1 aromatic carbocycles. The Balaban J connectivity index is 1.58. The van der Waals surface area contributed by atoms with Crippen molar-refractivity contribution in [3.63, 3.8) is 0 Å². The summed E-state index contributed by atoms with van der Waals surface area (Å²) < 4.78 is 33.0. The number of likely N-dealkylation sites (tertiary alicyclic amines) is 1. The lowest BCUT2D eigenvalue weighted by Crippen LogP contribution is -2.60. The third-order valence-electron chi connectivity index (χ3n) is 5.12. The summed E-state index contributed by atoms with van der Waals surface area (Å²) in [7, 11) is 0. The topological polar surface area (TPSA) is 67.6 Å². The molecular weight excluding hydrogens is 328 g/mol. The number of hydrogen-bond acceptors (Lipinski definition) is 4. The van der Waals surface area contributed by atoms with Gasteiger partial charge in [-0.05, 0) is 44.4 Å². The summed E-state index contributed by atoms with van der Waals surface area (Å²) in [6.45, 7) is 2.50. The monoisotopic (exact) mass is 353 g/mol. The molecule has 25 heavy (non-hydrogen) atoms. The van der Waals surface area contributed by atoms with Crippen molar-refractivity contribution in [3.8, 4) is 0 Å². The summed E-state index contributed by atoms with van der Waals surface area (Å²) in [5.74, 6) is -1.22. The minimum atomic E-state index is -0.877. The van der Waals surface area contributed by atoms with Crippen molar-refractivity contribution in [2.45, 2.75) is 43.8 Å². The molecule has 1 amide bonds. The number of benzene rings is 1. The molecule has 138 valence electrons. The SMILES string of the molecule is NC1(C(=O)NC2CCCN(Cc3c(F)cccc3F)C2)CCOCC1. The highest BCUT2D eigenvalue weighted by molar-refractivity contribution is 5.86. The van der Waals surface area contributed by atoms with E-state index < -0.39 is 17.2 Å². The molecule has 2 aliphatic rings. The molecule has 0 radical (unpaired) electrons. The number of piperidine rings is 1. The fourth-order valence-corrected chi connectivity index (χ4v) is 3.52. The molecule has 2 heterocycles. The lowest BCUT2D eigenvalue weighted by atomic mass is 9.89. The molecule has 2 saturated heterocycles. The second kappa shape index (κ2) is 7.76. The van der Waals surface area contributed by atoms with E-state index in [1.54, 1.807) is 0 Å². The number of hydrogen-bond donors (Lipinski definition) is 2. The van der Waals surface area contributed by atoms with Crippen LogP contribution in [0.25, 0.3) is 0 Å². The van der Waals surface area contributed by atoms with Crippen LogP contribution in [0.15, 0.2) is 18.2 Å². The predicted octanol–water partition coefficient (Wildman–Crippen LogP) is 1.55. The van der Waals surface area contributed by atoms with E-state index in [4.69, 9.17) is 10.5 Å². The largest absolute Gasteiger partial charge is 0.381 e. The maximum absolute atomic E-state index is 13.8. The van der Waals surface area contributed by atoms with Gasteiger partial charge in [0.1, 0.15) is 11.6 Å². The normalized spacial score (nSPS) is 24.0. The van der Waals surface area contributed by atoms with Crippen molar-refractivity contribution in [2.75, 3.05) is 26.3 Å². The van der Waals surface area contributed by atoms with Crippen LogP contribution in [-0.2, 0) is 16.1 Å². The average Bonchev–Trinajstić information content (AvgIpc) is 2.59. The molecule has 2 aliphatic heterocycles. The van der Waals surface area contributed by atoms with Crippen molar-refractivity contribution in [1.29, 1.82) is 0 Å². The van der Waals surface area contributed by atoms with Crippen molar-refractivity contribution in [2.24, 2.45) is 5.73 Å². The van der Waals surface area contributed by atoms with E-state index in [-0.39, 0.29) is 24.1 Å². The Morgan fingerprint density at radius 2 is 2.00 bits per heavy atom. The van der Waals surface area contributed by atoms with Gasteiger partial charge in [0, 0.05) is 37.9 Å². The molecule has 5 nitrogen and oxygen atoms in total. The molecule has 1 aromatic rings. The van der Waals surface area contributed by atoms with Gasteiger partial charge in [-0.2, -0.15) is 0 Å². The van der Waals surface area contributed by atoms with Gasteiger partial charge < -0.3 is 15.8 Å². The number of carbonyl (C=O) groups is 1. The van der Waals surface area contributed by atoms with Gasteiger partial charge in [0.05, 0.1) is 5.54 Å². The highest BCUT2D eigenvalue weighted by Gasteiger charge is 2.37. The summed E-state index contributed by atoms with van der Waals surface area (Å²) in [4.78, 5) is 14.5. The van der Waals surface area contributed by atoms with Crippen LogP contribution < -0.4 is 11.1 Å². The number of nitrogens with zero attached hydrogens (tertiary/aromatic N) is 1. The first kappa shape index (κ1) is 18.2. The van der Waals surface area contributed by atoms with Gasteiger partial charge >= 0.3 is 0 Å². The van der Waals surface area contributed by atoms with Crippen molar-refractivity contribution >= 4 is 5.91 Å². The summed E-state index contributed by atoms with van der Waals surface area (Å²) in [6, 6.07) is 3.84. The molecule has 0 spiro atoms. The number of rotatable bonds is 4. The van der Waals surface area contributed by atoms with E-state index in [0.29, 0.717) is 32.6 Å². The second-order valence-corrected chi connectivity index (χ2v) is 7.02. The third-order valence-corrected chi connectivity index (χ3v) is 5.12. The fourth-order valence-electron chi connectivity index (χ4n) is 3.52. The van der Waals surface area contributed by atoms with Gasteiger partial charge in [-0.25, -0.2) is 8.78 Å². The zero-order chi connectivity index (χ0) is 17.9. The number of carbonyl (C=O) groups excluding carboxylic acids is 1. The molecule has 1 atom stereocenters. The molecule has 2 fully saturated rings. The summed E-state index contributed by atoms with van der Waals surface area (Å²) >= 11 is 0. The summed E-state index contributed by atoms with van der Waals surface area (Å²) in [5.41, 5.74) is 5.41. The van der Waals surface area contributed by atoms with Crippen molar-refractivity contribution < 1.29 is 18.3 Å². The quantitative estimate of drug-likeness (QED) is 0.862. The Kier molecular flexibility index (Phi) is 5.66. The maximum Gasteiger partial charge on any atom is 0.240 e. The van der Waals surface area contributed by atoms with Gasteiger partial charge in [0.2, 0.25) is 5.91 Å². The van der Waals surface area contributed by atoms with Crippen molar-refractivity contribution in [1.82, 2.24) is 10.2 Å². The van der Waals surface area contributed by atoms with Crippen LogP contribution in [-0.4, -0.2) is 48.7 Å². The van der Waals surface area contributed by atoms with E-state index in [1.165, 1.54) is 18.2 Å². The lowest BCUT2D eigenvalue weighted by Gasteiger charge is -2.37. The number of nitrogens with one attached hydrogen (secondary N) is 1. The molecule has 0 aromatic heterocycles. The third kappa shape index (κ3) is 4.34. The van der Waals surface area contributed by atoms with Crippen LogP contribution >= 0.6 is 0 Å². The Labute approximate surface area is 146 Å². The summed E-state index contributed by atoms with van der Waals surface area (Å²) in [5, 5.41) is 3.03. The van der Waals surface area contributed by atoms with Gasteiger partial charge in [-0.1, -0.05) is 6.07 Å². The standard InChI is InChI=1S/C18H25F2N3O2/c19-15-4-1-5-16(20)14(15)12-23-8-2-3-13(11-23)22-17(24)18(21)6-9-25-10-7-18/h1,4-5,13H,2-3,6-12,21H2,(H,22,24).